The second-order valence-corrected chi connectivity index (χ2v) is 17.6. The molecule has 0 saturated heterocycles. The summed E-state index contributed by atoms with van der Waals surface area (Å²) >= 11 is 14.2. The van der Waals surface area contributed by atoms with E-state index in [1.54, 1.807) is 0 Å². The Hall–Kier alpha value is -0.700. The molecule has 0 saturated carbocycles. The second kappa shape index (κ2) is 36.6. The van der Waals surface area contributed by atoms with Gasteiger partial charge in [-0.3, -0.25) is 0 Å². The number of hydrogen-bond donors (Lipinski definition) is 0. The van der Waals surface area contributed by atoms with E-state index in [1.807, 2.05) is 0 Å². The average Bonchev–Trinajstić information content (AvgIpc) is 3.18. The number of rotatable bonds is 38. The van der Waals surface area contributed by atoms with Crippen LogP contribution in [0.4, 0.5) is 0 Å². The molecule has 0 radical (unpaired) electrons. The largest absolute Gasteiger partial charge is 0.493 e. The standard InChI is InChI=1S/C46H72Br4O4/c47-27-17-9-1-5-13-21-31-51-43-35-41(36-44(39-43)52-32-22-14-6-2-10-18-28-48)25-26-42-37-45(53-33-23-15-7-3-11-19-29-49)40-46(38-42)54-34-24-16-8-4-12-20-30-50/h25-26,35-40H,1-24,27-34H2/b26-25+. The highest BCUT2D eigenvalue weighted by Gasteiger charge is 2.06. The predicted octanol–water partition coefficient (Wildman–Crippen LogP) is 16.3. The fraction of sp³-hybridized carbons (Fsp3) is 0.696. The van der Waals surface area contributed by atoms with Gasteiger partial charge in [-0.2, -0.15) is 0 Å². The molecule has 0 fully saturated rings. The Bertz CT molecular complexity index is 1010. The normalized spacial score (nSPS) is 11.4. The molecular formula is C46H72Br4O4. The summed E-state index contributed by atoms with van der Waals surface area (Å²) in [4.78, 5) is 0. The lowest BCUT2D eigenvalue weighted by Crippen LogP contribution is -2.01. The Morgan fingerprint density at radius 1 is 0.278 bits per heavy atom. The summed E-state index contributed by atoms with van der Waals surface area (Å²) in [7, 11) is 0. The molecule has 8 heteroatoms. The van der Waals surface area contributed by atoms with E-state index >= 15 is 0 Å². The summed E-state index contributed by atoms with van der Waals surface area (Å²) in [6.45, 7) is 2.92. The third-order valence-electron chi connectivity index (χ3n) is 9.46. The van der Waals surface area contributed by atoms with Gasteiger partial charge in [-0.15, -0.1) is 0 Å². The molecule has 0 bridgehead atoms. The number of ether oxygens (including phenoxy) is 4. The Balaban J connectivity index is 2.08. The van der Waals surface area contributed by atoms with Crippen LogP contribution in [-0.2, 0) is 0 Å². The summed E-state index contributed by atoms with van der Waals surface area (Å²) in [6, 6.07) is 12.7. The van der Waals surface area contributed by atoms with E-state index in [0.717, 1.165) is 108 Å². The van der Waals surface area contributed by atoms with Crippen LogP contribution in [0.3, 0.4) is 0 Å². The summed E-state index contributed by atoms with van der Waals surface area (Å²) in [5.74, 6) is 3.51. The second-order valence-electron chi connectivity index (χ2n) is 14.4. The number of unbranched alkanes of at least 4 members (excludes halogenated alkanes) is 20. The van der Waals surface area contributed by atoms with Crippen molar-refractivity contribution < 1.29 is 18.9 Å². The zero-order valence-corrected chi connectivity index (χ0v) is 39.7. The molecular weight excluding hydrogens is 936 g/mol. The lowest BCUT2D eigenvalue weighted by Gasteiger charge is -2.13. The van der Waals surface area contributed by atoms with Gasteiger partial charge in [-0.05, 0) is 86.8 Å². The summed E-state index contributed by atoms with van der Waals surface area (Å²) in [5, 5.41) is 4.42. The highest BCUT2D eigenvalue weighted by molar-refractivity contribution is 9.09. The van der Waals surface area contributed by atoms with Crippen molar-refractivity contribution in [2.75, 3.05) is 47.7 Å². The van der Waals surface area contributed by atoms with Crippen molar-refractivity contribution >= 4 is 75.9 Å². The van der Waals surface area contributed by atoms with E-state index in [4.69, 9.17) is 18.9 Å². The predicted molar refractivity (Wildman–Crippen MR) is 250 cm³/mol. The molecule has 0 N–H and O–H groups in total. The third-order valence-corrected chi connectivity index (χ3v) is 11.7. The van der Waals surface area contributed by atoms with Gasteiger partial charge >= 0.3 is 0 Å². The molecule has 0 aromatic heterocycles. The van der Waals surface area contributed by atoms with E-state index in [2.05, 4.69) is 112 Å². The van der Waals surface area contributed by atoms with Crippen molar-refractivity contribution in [3.8, 4) is 23.0 Å². The maximum absolute atomic E-state index is 6.30. The Morgan fingerprint density at radius 3 is 0.704 bits per heavy atom. The van der Waals surface area contributed by atoms with E-state index in [1.165, 1.54) is 128 Å². The van der Waals surface area contributed by atoms with E-state index in [9.17, 15) is 0 Å². The average molecular weight is 1010 g/mol. The number of hydrogen-bond acceptors (Lipinski definition) is 4. The molecule has 54 heavy (non-hydrogen) atoms. The minimum atomic E-state index is 0.729. The smallest absolute Gasteiger partial charge is 0.123 e. The van der Waals surface area contributed by atoms with Gasteiger partial charge in [0, 0.05) is 33.5 Å². The summed E-state index contributed by atoms with van der Waals surface area (Å²) in [6.07, 6.45) is 34.0. The molecule has 2 rings (SSSR count). The number of halogens is 4. The van der Waals surface area contributed by atoms with E-state index in [0.29, 0.717) is 0 Å². The van der Waals surface area contributed by atoms with Crippen LogP contribution >= 0.6 is 63.7 Å². The molecule has 2 aromatic rings. The van der Waals surface area contributed by atoms with Crippen LogP contribution in [0.5, 0.6) is 23.0 Å². The topological polar surface area (TPSA) is 36.9 Å². The molecule has 4 nitrogen and oxygen atoms in total. The van der Waals surface area contributed by atoms with Crippen molar-refractivity contribution in [2.24, 2.45) is 0 Å². The van der Waals surface area contributed by atoms with Crippen LogP contribution in [0, 0.1) is 0 Å². The Kier molecular flexibility index (Phi) is 33.5. The van der Waals surface area contributed by atoms with E-state index in [-0.39, 0.29) is 0 Å². The van der Waals surface area contributed by atoms with Gasteiger partial charge in [-0.25, -0.2) is 0 Å². The lowest BCUT2D eigenvalue weighted by atomic mass is 10.1. The van der Waals surface area contributed by atoms with Gasteiger partial charge in [0.05, 0.1) is 26.4 Å². The first kappa shape index (κ1) is 49.4. The third kappa shape index (κ3) is 27.8. The van der Waals surface area contributed by atoms with Gasteiger partial charge in [0.2, 0.25) is 0 Å². The Labute approximate surface area is 364 Å². The molecule has 0 heterocycles. The quantitative estimate of drug-likeness (QED) is 0.0382. The molecule has 0 aliphatic rings. The number of alkyl halides is 4. The zero-order valence-electron chi connectivity index (χ0n) is 33.4. The zero-order chi connectivity index (χ0) is 38.6. The summed E-state index contributed by atoms with van der Waals surface area (Å²) in [5.41, 5.74) is 2.14. The lowest BCUT2D eigenvalue weighted by molar-refractivity contribution is 0.289. The fourth-order valence-electron chi connectivity index (χ4n) is 6.28. The Morgan fingerprint density at radius 2 is 0.481 bits per heavy atom. The SMILES string of the molecule is BrCCCCCCCCOc1cc(/C=C/c2cc(OCCCCCCCCBr)cc(OCCCCCCCCBr)c2)cc(OCCCCCCCCBr)c1. The molecule has 2 aromatic carbocycles. The summed E-state index contributed by atoms with van der Waals surface area (Å²) < 4.78 is 25.2. The van der Waals surface area contributed by atoms with Crippen molar-refractivity contribution in [2.45, 2.75) is 154 Å². The van der Waals surface area contributed by atoms with E-state index < -0.39 is 0 Å². The minimum Gasteiger partial charge on any atom is -0.493 e. The first-order valence-corrected chi connectivity index (χ1v) is 25.9. The van der Waals surface area contributed by atoms with Gasteiger partial charge in [0.1, 0.15) is 23.0 Å². The first-order chi connectivity index (χ1) is 26.7. The van der Waals surface area contributed by atoms with Gasteiger partial charge in [0.15, 0.2) is 0 Å². The van der Waals surface area contributed by atoms with Crippen LogP contribution in [0.1, 0.15) is 165 Å². The molecule has 0 atom stereocenters. The van der Waals surface area contributed by atoms with Crippen LogP contribution in [0.25, 0.3) is 12.2 Å². The fourth-order valence-corrected chi connectivity index (χ4v) is 7.87. The molecule has 0 amide bonds. The molecule has 0 aliphatic carbocycles. The maximum Gasteiger partial charge on any atom is 0.123 e. The molecule has 0 aliphatic heterocycles. The van der Waals surface area contributed by atoms with Crippen molar-refractivity contribution in [3.63, 3.8) is 0 Å². The highest BCUT2D eigenvalue weighted by atomic mass is 79.9. The monoisotopic (exact) mass is 1000 g/mol. The van der Waals surface area contributed by atoms with Crippen LogP contribution in [-0.4, -0.2) is 47.7 Å². The van der Waals surface area contributed by atoms with Crippen LogP contribution in [0.2, 0.25) is 0 Å². The van der Waals surface area contributed by atoms with Crippen LogP contribution < -0.4 is 18.9 Å². The molecule has 308 valence electrons. The molecule has 0 spiro atoms. The van der Waals surface area contributed by atoms with Gasteiger partial charge in [-0.1, -0.05) is 179 Å². The van der Waals surface area contributed by atoms with Crippen molar-refractivity contribution in [1.29, 1.82) is 0 Å². The van der Waals surface area contributed by atoms with Gasteiger partial charge in [0.25, 0.3) is 0 Å². The number of benzene rings is 2. The minimum absolute atomic E-state index is 0.729. The molecule has 0 unspecified atom stereocenters. The van der Waals surface area contributed by atoms with Crippen LogP contribution in [0.15, 0.2) is 36.4 Å². The van der Waals surface area contributed by atoms with Gasteiger partial charge < -0.3 is 18.9 Å². The highest BCUT2D eigenvalue weighted by Crippen LogP contribution is 2.28. The first-order valence-electron chi connectivity index (χ1n) is 21.4. The maximum atomic E-state index is 6.30. The van der Waals surface area contributed by atoms with Crippen molar-refractivity contribution in [3.05, 3.63) is 47.5 Å². The van der Waals surface area contributed by atoms with Crippen molar-refractivity contribution in [1.82, 2.24) is 0 Å².